The van der Waals surface area contributed by atoms with Gasteiger partial charge >= 0.3 is 0 Å². The molecular weight excluding hydrogens is 366 g/mol. The Hall–Kier alpha value is -3.03. The number of carbonyl (C=O) groups is 1. The van der Waals surface area contributed by atoms with Crippen molar-refractivity contribution in [2.45, 2.75) is 13.5 Å². The Kier molecular flexibility index (Phi) is 5.42. The summed E-state index contributed by atoms with van der Waals surface area (Å²) >= 11 is 0. The fourth-order valence-electron chi connectivity index (χ4n) is 3.73. The van der Waals surface area contributed by atoms with Crippen LogP contribution in [-0.2, 0) is 11.3 Å². The zero-order valence-electron chi connectivity index (χ0n) is 16.7. The van der Waals surface area contributed by atoms with Crippen LogP contribution in [0.15, 0.2) is 48.5 Å². The maximum atomic E-state index is 9.00. The number of aliphatic carboxylic acids is 1. The summed E-state index contributed by atoms with van der Waals surface area (Å²) in [6.45, 7) is 6.33. The summed E-state index contributed by atoms with van der Waals surface area (Å²) in [4.78, 5) is 23.8. The van der Waals surface area contributed by atoms with Crippen LogP contribution in [0.3, 0.4) is 0 Å². The highest BCUT2D eigenvalue weighted by Crippen LogP contribution is 2.25. The van der Waals surface area contributed by atoms with Crippen molar-refractivity contribution in [3.8, 4) is 0 Å². The zero-order chi connectivity index (χ0) is 20.4. The molecule has 0 amide bonds. The van der Waals surface area contributed by atoms with Crippen LogP contribution in [0.5, 0.6) is 0 Å². The van der Waals surface area contributed by atoms with E-state index in [-0.39, 0.29) is 0 Å². The number of piperazine rings is 1. The largest absolute Gasteiger partial charge is 0.481 e. The molecule has 0 aliphatic carbocycles. The second kappa shape index (κ2) is 8.14. The highest BCUT2D eigenvalue weighted by atomic mass is 16.4. The van der Waals surface area contributed by atoms with E-state index in [0.29, 0.717) is 0 Å². The monoisotopic (exact) mass is 391 g/mol. The van der Waals surface area contributed by atoms with Gasteiger partial charge in [0, 0.05) is 38.5 Å². The molecule has 0 saturated carbocycles. The number of rotatable bonds is 2. The highest BCUT2D eigenvalue weighted by Gasteiger charge is 2.18. The number of carboxylic acid groups (broad SMARTS) is 1. The van der Waals surface area contributed by atoms with Crippen LogP contribution < -0.4 is 0 Å². The first-order valence-electron chi connectivity index (χ1n) is 9.78. The van der Waals surface area contributed by atoms with E-state index in [1.54, 1.807) is 0 Å². The summed E-state index contributed by atoms with van der Waals surface area (Å²) in [6.07, 6.45) is 0. The normalized spacial score (nSPS) is 15.5. The number of nitrogens with zero attached hydrogens (tertiary/aromatic N) is 5. The quantitative estimate of drug-likeness (QED) is 0.566. The van der Waals surface area contributed by atoms with Crippen molar-refractivity contribution < 1.29 is 9.90 Å². The Balaban J connectivity index is 0.000000472. The van der Waals surface area contributed by atoms with E-state index in [1.165, 1.54) is 0 Å². The molecule has 4 aromatic rings. The molecule has 1 saturated heterocycles. The first kappa shape index (κ1) is 19.3. The Bertz CT molecular complexity index is 1160. The van der Waals surface area contributed by atoms with Crippen LogP contribution in [-0.4, -0.2) is 68.5 Å². The Labute approximate surface area is 169 Å². The summed E-state index contributed by atoms with van der Waals surface area (Å²) in [7, 11) is 2.19. The van der Waals surface area contributed by atoms with Crippen LogP contribution in [0.25, 0.3) is 27.6 Å². The fraction of sp³-hybridized carbons (Fsp3) is 0.318. The molecule has 1 N–H and O–H groups in total. The number of aromatic nitrogens is 3. The van der Waals surface area contributed by atoms with Crippen molar-refractivity contribution in [1.29, 1.82) is 0 Å². The summed E-state index contributed by atoms with van der Waals surface area (Å²) in [5.74, 6) is 0.243. The van der Waals surface area contributed by atoms with Crippen LogP contribution >= 0.6 is 0 Å². The second-order valence-electron chi connectivity index (χ2n) is 7.40. The lowest BCUT2D eigenvalue weighted by Crippen LogP contribution is -2.44. The lowest BCUT2D eigenvalue weighted by molar-refractivity contribution is -0.134. The van der Waals surface area contributed by atoms with Gasteiger partial charge in [-0.2, -0.15) is 0 Å². The molecular formula is C22H25N5O2. The first-order valence-corrected chi connectivity index (χ1v) is 9.78. The molecule has 1 aliphatic heterocycles. The SMILES string of the molecule is CC(=O)O.CN1CCN(Cc2nc3ccccc3c3nc4ccccc4n23)CC1. The third-order valence-corrected chi connectivity index (χ3v) is 5.17. The van der Waals surface area contributed by atoms with Crippen molar-refractivity contribution in [1.82, 2.24) is 24.2 Å². The molecule has 3 heterocycles. The summed E-state index contributed by atoms with van der Waals surface area (Å²) < 4.78 is 2.25. The number of carboxylic acids is 1. The molecule has 1 aliphatic rings. The van der Waals surface area contributed by atoms with Crippen LogP contribution in [0.2, 0.25) is 0 Å². The van der Waals surface area contributed by atoms with Gasteiger partial charge in [-0.3, -0.25) is 14.1 Å². The average molecular weight is 391 g/mol. The van der Waals surface area contributed by atoms with Gasteiger partial charge in [0.05, 0.1) is 23.1 Å². The van der Waals surface area contributed by atoms with Gasteiger partial charge in [-0.15, -0.1) is 0 Å². The van der Waals surface area contributed by atoms with E-state index >= 15 is 0 Å². The van der Waals surface area contributed by atoms with Crippen molar-refractivity contribution in [3.63, 3.8) is 0 Å². The van der Waals surface area contributed by atoms with Crippen LogP contribution in [0.4, 0.5) is 0 Å². The Morgan fingerprint density at radius 1 is 0.966 bits per heavy atom. The molecule has 0 bridgehead atoms. The predicted octanol–water partition coefficient (Wildman–Crippen LogP) is 2.87. The van der Waals surface area contributed by atoms with Crippen LogP contribution in [0, 0.1) is 0 Å². The number of fused-ring (bicyclic) bond motifs is 5. The topological polar surface area (TPSA) is 74.0 Å². The minimum Gasteiger partial charge on any atom is -0.481 e. The number of hydrogen-bond acceptors (Lipinski definition) is 5. The molecule has 2 aromatic heterocycles. The summed E-state index contributed by atoms with van der Waals surface area (Å²) in [5.41, 5.74) is 4.20. The van der Waals surface area contributed by atoms with E-state index in [1.807, 2.05) is 12.1 Å². The van der Waals surface area contributed by atoms with Gasteiger partial charge in [0.2, 0.25) is 0 Å². The van der Waals surface area contributed by atoms with Gasteiger partial charge in [0.1, 0.15) is 11.5 Å². The van der Waals surface area contributed by atoms with Gasteiger partial charge in [-0.1, -0.05) is 24.3 Å². The van der Waals surface area contributed by atoms with Crippen LogP contribution in [0.1, 0.15) is 12.7 Å². The number of para-hydroxylation sites is 3. The zero-order valence-corrected chi connectivity index (χ0v) is 16.7. The minimum atomic E-state index is -0.833. The lowest BCUT2D eigenvalue weighted by Gasteiger charge is -2.32. The van der Waals surface area contributed by atoms with Gasteiger partial charge in [0.25, 0.3) is 5.97 Å². The third-order valence-electron chi connectivity index (χ3n) is 5.17. The molecule has 0 spiro atoms. The maximum Gasteiger partial charge on any atom is 0.300 e. The number of hydrogen-bond donors (Lipinski definition) is 1. The Morgan fingerprint density at radius 3 is 2.31 bits per heavy atom. The number of likely N-dealkylation sites (N-methyl/N-ethyl adjacent to an activating group) is 1. The highest BCUT2D eigenvalue weighted by molar-refractivity contribution is 5.96. The smallest absolute Gasteiger partial charge is 0.300 e. The summed E-state index contributed by atoms with van der Waals surface area (Å²) in [6, 6.07) is 16.6. The predicted molar refractivity (Wildman–Crippen MR) is 114 cm³/mol. The maximum absolute atomic E-state index is 9.00. The van der Waals surface area contributed by atoms with Crippen molar-refractivity contribution in [3.05, 3.63) is 54.4 Å². The molecule has 0 radical (unpaired) electrons. The standard InChI is InChI=1S/C20H21N5.C2H4O2/c1-23-10-12-24(13-11-23)14-19-21-16-7-3-2-6-15(16)20-22-17-8-4-5-9-18(17)25(19)20;1-2(3)4/h2-9H,10-14H2,1H3;1H3,(H,3,4). The number of benzene rings is 2. The van der Waals surface area contributed by atoms with Gasteiger partial charge < -0.3 is 10.0 Å². The Morgan fingerprint density at radius 2 is 1.59 bits per heavy atom. The van der Waals surface area contributed by atoms with E-state index in [9.17, 15) is 0 Å². The molecule has 29 heavy (non-hydrogen) atoms. The second-order valence-corrected chi connectivity index (χ2v) is 7.40. The molecule has 0 unspecified atom stereocenters. The van der Waals surface area contributed by atoms with Crippen molar-refractivity contribution in [2.24, 2.45) is 0 Å². The minimum absolute atomic E-state index is 0.833. The van der Waals surface area contributed by atoms with E-state index in [0.717, 1.165) is 73.1 Å². The van der Waals surface area contributed by atoms with E-state index in [2.05, 4.69) is 57.6 Å². The third kappa shape index (κ3) is 4.06. The van der Waals surface area contributed by atoms with Gasteiger partial charge in [0.15, 0.2) is 0 Å². The molecule has 1 fully saturated rings. The molecule has 150 valence electrons. The van der Waals surface area contributed by atoms with E-state index in [4.69, 9.17) is 19.9 Å². The number of imidazole rings is 1. The van der Waals surface area contributed by atoms with Gasteiger partial charge in [-0.05, 0) is 31.3 Å². The molecule has 5 rings (SSSR count). The first-order chi connectivity index (χ1) is 14.0. The fourth-order valence-corrected chi connectivity index (χ4v) is 3.73. The van der Waals surface area contributed by atoms with Crippen molar-refractivity contribution in [2.75, 3.05) is 33.2 Å². The molecule has 2 aromatic carbocycles. The summed E-state index contributed by atoms with van der Waals surface area (Å²) in [5, 5.41) is 8.53. The molecule has 7 nitrogen and oxygen atoms in total. The molecule has 0 atom stereocenters. The van der Waals surface area contributed by atoms with Crippen molar-refractivity contribution >= 4 is 33.6 Å². The average Bonchev–Trinajstić information content (AvgIpc) is 3.10. The molecule has 7 heteroatoms. The van der Waals surface area contributed by atoms with Gasteiger partial charge in [-0.25, -0.2) is 9.97 Å². The lowest BCUT2D eigenvalue weighted by atomic mass is 10.2. The van der Waals surface area contributed by atoms with E-state index < -0.39 is 5.97 Å².